The van der Waals surface area contributed by atoms with Crippen LogP contribution in [0.4, 0.5) is 0 Å². The lowest BCUT2D eigenvalue weighted by Gasteiger charge is -2.04. The Bertz CT molecular complexity index is 188. The third-order valence-corrected chi connectivity index (χ3v) is 1.26. The van der Waals surface area contributed by atoms with E-state index in [2.05, 4.69) is 4.98 Å². The summed E-state index contributed by atoms with van der Waals surface area (Å²) in [6.45, 7) is -0.0585. The van der Waals surface area contributed by atoms with E-state index in [9.17, 15) is 0 Å². The molecule has 3 nitrogen and oxygen atoms in total. The molecule has 1 aromatic heterocycles. The van der Waals surface area contributed by atoms with Gasteiger partial charge in [0.05, 0.1) is 18.3 Å². The van der Waals surface area contributed by atoms with Gasteiger partial charge in [0.25, 0.3) is 0 Å². The van der Waals surface area contributed by atoms with Crippen LogP contribution in [0.5, 0.6) is 0 Å². The second-order valence-corrected chi connectivity index (χ2v) is 2.04. The van der Waals surface area contributed by atoms with Gasteiger partial charge in [-0.1, -0.05) is 6.07 Å². The number of hydrogen-bond acceptors (Lipinski definition) is 3. The number of nitrogens with two attached hydrogens (primary N) is 1. The zero-order chi connectivity index (χ0) is 7.40. The van der Waals surface area contributed by atoms with E-state index in [1.54, 1.807) is 12.3 Å². The van der Waals surface area contributed by atoms with Crippen molar-refractivity contribution in [2.45, 2.75) is 6.04 Å². The molecule has 3 heteroatoms. The molecule has 0 radical (unpaired) electrons. The number of rotatable bonds is 2. The highest BCUT2D eigenvalue weighted by Crippen LogP contribution is 2.02. The third kappa shape index (κ3) is 1.52. The van der Waals surface area contributed by atoms with Crippen molar-refractivity contribution in [2.75, 3.05) is 6.61 Å². The predicted molar refractivity (Wildman–Crippen MR) is 38.3 cm³/mol. The summed E-state index contributed by atoms with van der Waals surface area (Å²) in [5.74, 6) is 0. The second-order valence-electron chi connectivity index (χ2n) is 2.04. The molecule has 1 aromatic rings. The molecule has 0 amide bonds. The standard InChI is InChI=1S/C7H10N2O/c8-6(5-10)7-3-1-2-4-9-7/h1-4,6,10H,5,8H2. The van der Waals surface area contributed by atoms with Crippen LogP contribution in [-0.2, 0) is 0 Å². The van der Waals surface area contributed by atoms with Gasteiger partial charge in [0.1, 0.15) is 0 Å². The minimum Gasteiger partial charge on any atom is -0.394 e. The van der Waals surface area contributed by atoms with Crippen LogP contribution in [0.3, 0.4) is 0 Å². The van der Waals surface area contributed by atoms with Crippen molar-refractivity contribution in [1.82, 2.24) is 4.98 Å². The van der Waals surface area contributed by atoms with Crippen molar-refractivity contribution in [3.05, 3.63) is 30.1 Å². The maximum Gasteiger partial charge on any atom is 0.0704 e. The van der Waals surface area contributed by atoms with Crippen molar-refractivity contribution in [2.24, 2.45) is 5.73 Å². The second kappa shape index (κ2) is 3.29. The molecule has 1 atom stereocenters. The highest BCUT2D eigenvalue weighted by Gasteiger charge is 2.02. The van der Waals surface area contributed by atoms with Crippen molar-refractivity contribution >= 4 is 0 Å². The Morgan fingerprint density at radius 2 is 2.40 bits per heavy atom. The molecule has 1 unspecified atom stereocenters. The molecule has 0 fully saturated rings. The van der Waals surface area contributed by atoms with Crippen molar-refractivity contribution < 1.29 is 5.11 Å². The van der Waals surface area contributed by atoms with E-state index in [4.69, 9.17) is 10.8 Å². The maximum atomic E-state index is 8.62. The third-order valence-electron chi connectivity index (χ3n) is 1.26. The number of pyridine rings is 1. The Balaban J connectivity index is 2.75. The number of aliphatic hydroxyl groups is 1. The normalized spacial score (nSPS) is 13.0. The highest BCUT2D eigenvalue weighted by molar-refractivity contribution is 5.07. The smallest absolute Gasteiger partial charge is 0.0704 e. The number of nitrogens with zero attached hydrogens (tertiary/aromatic N) is 1. The molecule has 0 aliphatic carbocycles. The van der Waals surface area contributed by atoms with Crippen LogP contribution in [0.2, 0.25) is 0 Å². The molecule has 0 aliphatic heterocycles. The summed E-state index contributed by atoms with van der Waals surface area (Å²) in [7, 11) is 0. The van der Waals surface area contributed by atoms with Gasteiger partial charge in [-0.3, -0.25) is 4.98 Å². The number of aromatic nitrogens is 1. The van der Waals surface area contributed by atoms with Gasteiger partial charge in [-0.15, -0.1) is 0 Å². The van der Waals surface area contributed by atoms with Gasteiger partial charge in [-0.2, -0.15) is 0 Å². The van der Waals surface area contributed by atoms with Crippen molar-refractivity contribution in [1.29, 1.82) is 0 Å². The molecular formula is C7H10N2O. The molecule has 0 saturated carbocycles. The summed E-state index contributed by atoms with van der Waals surface area (Å²) < 4.78 is 0. The van der Waals surface area contributed by atoms with E-state index in [1.807, 2.05) is 12.1 Å². The fourth-order valence-electron chi connectivity index (χ4n) is 0.689. The quantitative estimate of drug-likeness (QED) is 0.608. The zero-order valence-electron chi connectivity index (χ0n) is 5.57. The summed E-state index contributed by atoms with van der Waals surface area (Å²) in [4.78, 5) is 3.96. The van der Waals surface area contributed by atoms with Gasteiger partial charge in [-0.05, 0) is 12.1 Å². The summed E-state index contributed by atoms with van der Waals surface area (Å²) in [5, 5.41) is 8.62. The topological polar surface area (TPSA) is 59.1 Å². The molecule has 3 N–H and O–H groups in total. The van der Waals surface area contributed by atoms with Gasteiger partial charge in [-0.25, -0.2) is 0 Å². The first kappa shape index (κ1) is 7.18. The highest BCUT2D eigenvalue weighted by atomic mass is 16.3. The molecule has 0 bridgehead atoms. The first-order chi connectivity index (χ1) is 4.84. The van der Waals surface area contributed by atoms with Gasteiger partial charge in [0.15, 0.2) is 0 Å². The molecule has 1 heterocycles. The lowest BCUT2D eigenvalue weighted by atomic mass is 10.2. The molecular weight excluding hydrogens is 128 g/mol. The fraction of sp³-hybridized carbons (Fsp3) is 0.286. The van der Waals surface area contributed by atoms with Crippen LogP contribution in [0, 0.1) is 0 Å². The van der Waals surface area contributed by atoms with Crippen molar-refractivity contribution in [3.63, 3.8) is 0 Å². The fourth-order valence-corrected chi connectivity index (χ4v) is 0.689. The SMILES string of the molecule is NC(CO)c1ccccn1. The Morgan fingerprint density at radius 1 is 1.60 bits per heavy atom. The number of aliphatic hydroxyl groups excluding tert-OH is 1. The van der Waals surface area contributed by atoms with Gasteiger partial charge >= 0.3 is 0 Å². The molecule has 0 aromatic carbocycles. The average molecular weight is 138 g/mol. The monoisotopic (exact) mass is 138 g/mol. The van der Waals surface area contributed by atoms with E-state index in [0.29, 0.717) is 0 Å². The van der Waals surface area contributed by atoms with Crippen LogP contribution in [0.1, 0.15) is 11.7 Å². The van der Waals surface area contributed by atoms with E-state index < -0.39 is 0 Å². The minimum atomic E-state index is -0.346. The zero-order valence-corrected chi connectivity index (χ0v) is 5.57. The molecule has 10 heavy (non-hydrogen) atoms. The van der Waals surface area contributed by atoms with Crippen LogP contribution in [0.15, 0.2) is 24.4 Å². The Kier molecular flexibility index (Phi) is 2.36. The van der Waals surface area contributed by atoms with Gasteiger partial charge in [0.2, 0.25) is 0 Å². The lowest BCUT2D eigenvalue weighted by Crippen LogP contribution is -2.15. The summed E-state index contributed by atoms with van der Waals surface area (Å²) in [5.41, 5.74) is 6.21. The average Bonchev–Trinajstić information content (AvgIpc) is 2.05. The first-order valence-corrected chi connectivity index (χ1v) is 3.12. The van der Waals surface area contributed by atoms with E-state index in [0.717, 1.165) is 5.69 Å². The molecule has 0 aliphatic rings. The molecule has 0 saturated heterocycles. The number of hydrogen-bond donors (Lipinski definition) is 2. The predicted octanol–water partition coefficient (Wildman–Crippen LogP) is 0.0737. The Hall–Kier alpha value is -0.930. The lowest BCUT2D eigenvalue weighted by molar-refractivity contribution is 0.266. The van der Waals surface area contributed by atoms with Crippen molar-refractivity contribution in [3.8, 4) is 0 Å². The van der Waals surface area contributed by atoms with Gasteiger partial charge in [0, 0.05) is 6.20 Å². The van der Waals surface area contributed by atoms with E-state index in [-0.39, 0.29) is 12.6 Å². The summed E-state index contributed by atoms with van der Waals surface area (Å²) in [6, 6.07) is 5.10. The molecule has 54 valence electrons. The molecule has 1 rings (SSSR count). The van der Waals surface area contributed by atoms with E-state index >= 15 is 0 Å². The van der Waals surface area contributed by atoms with Gasteiger partial charge < -0.3 is 10.8 Å². The van der Waals surface area contributed by atoms with E-state index in [1.165, 1.54) is 0 Å². The van der Waals surface area contributed by atoms with Crippen LogP contribution in [0.25, 0.3) is 0 Å². The largest absolute Gasteiger partial charge is 0.394 e. The van der Waals surface area contributed by atoms with Crippen LogP contribution < -0.4 is 5.73 Å². The summed E-state index contributed by atoms with van der Waals surface area (Å²) >= 11 is 0. The molecule has 0 spiro atoms. The Labute approximate surface area is 59.5 Å². The van der Waals surface area contributed by atoms with Crippen LogP contribution >= 0.6 is 0 Å². The van der Waals surface area contributed by atoms with Crippen LogP contribution in [-0.4, -0.2) is 16.7 Å². The summed E-state index contributed by atoms with van der Waals surface area (Å²) in [6.07, 6.45) is 1.66. The minimum absolute atomic E-state index is 0.0585. The maximum absolute atomic E-state index is 8.62. The first-order valence-electron chi connectivity index (χ1n) is 3.12. The Morgan fingerprint density at radius 3 is 2.90 bits per heavy atom.